The largest absolute Gasteiger partial charge is 0.256 e. The maximum Gasteiger partial charge on any atom is 0.0684 e. The molecule has 3 rings (SSSR count). The summed E-state index contributed by atoms with van der Waals surface area (Å²) in [5.74, 6) is 0. The van der Waals surface area contributed by atoms with Crippen LogP contribution in [-0.4, -0.2) is 4.98 Å². The van der Waals surface area contributed by atoms with Crippen molar-refractivity contribution < 1.29 is 0 Å². The number of hydrogen-bond donors (Lipinski definition) is 0. The molecule has 0 fully saturated rings. The molecule has 0 bridgehead atoms. The lowest BCUT2D eigenvalue weighted by Crippen LogP contribution is -1.93. The van der Waals surface area contributed by atoms with Crippen LogP contribution in [0, 0.1) is 6.92 Å². The second-order valence-corrected chi connectivity index (χ2v) is 5.90. The fraction of sp³-hybridized carbons (Fsp3) is 0.190. The molecular formula is C21H21N. The maximum absolute atomic E-state index is 4.44. The molecule has 1 aromatic heterocycles. The van der Waals surface area contributed by atoms with Gasteiger partial charge >= 0.3 is 0 Å². The molecule has 1 aliphatic carbocycles. The Balaban J connectivity index is 1.66. The number of fused-ring (bicyclic) bond motifs is 1. The van der Waals surface area contributed by atoms with Crippen molar-refractivity contribution in [3.63, 3.8) is 0 Å². The molecule has 1 aliphatic rings. The fourth-order valence-electron chi connectivity index (χ4n) is 2.89. The summed E-state index contributed by atoms with van der Waals surface area (Å²) in [5, 5.41) is 0. The molecule has 0 amide bonds. The van der Waals surface area contributed by atoms with E-state index in [0.717, 1.165) is 36.1 Å². The summed E-state index contributed by atoms with van der Waals surface area (Å²) >= 11 is 0. The molecular weight excluding hydrogens is 266 g/mol. The third-order valence-corrected chi connectivity index (χ3v) is 4.26. The summed E-state index contributed by atoms with van der Waals surface area (Å²) < 4.78 is 0. The molecule has 0 saturated heterocycles. The van der Waals surface area contributed by atoms with E-state index in [0.29, 0.717) is 0 Å². The number of rotatable bonds is 5. The van der Waals surface area contributed by atoms with Crippen molar-refractivity contribution in [1.82, 2.24) is 4.98 Å². The summed E-state index contributed by atoms with van der Waals surface area (Å²) in [6, 6.07) is 10.7. The molecule has 1 heteroatoms. The first-order chi connectivity index (χ1) is 10.6. The summed E-state index contributed by atoms with van der Waals surface area (Å²) in [7, 11) is 0. The van der Waals surface area contributed by atoms with Crippen molar-refractivity contribution in [2.24, 2.45) is 0 Å². The minimum absolute atomic E-state index is 0.892. The number of pyridine rings is 1. The van der Waals surface area contributed by atoms with Crippen LogP contribution >= 0.6 is 0 Å². The van der Waals surface area contributed by atoms with E-state index in [1.807, 2.05) is 12.3 Å². The molecule has 0 spiro atoms. The van der Waals surface area contributed by atoms with Crippen molar-refractivity contribution in [3.8, 4) is 0 Å². The molecule has 0 unspecified atom stereocenters. The minimum atomic E-state index is 0.892. The predicted octanol–water partition coefficient (Wildman–Crippen LogP) is 5.47. The van der Waals surface area contributed by atoms with Gasteiger partial charge in [0.2, 0.25) is 0 Å². The summed E-state index contributed by atoms with van der Waals surface area (Å²) in [6.45, 7) is 10.5. The molecule has 0 saturated carbocycles. The molecule has 1 heterocycles. The lowest BCUT2D eigenvalue weighted by Gasteiger charge is -2.11. The van der Waals surface area contributed by atoms with Crippen LogP contribution in [-0.2, 0) is 6.42 Å². The topological polar surface area (TPSA) is 12.9 Å². The Morgan fingerprint density at radius 2 is 1.95 bits per heavy atom. The Hall–Kier alpha value is -2.41. The average molecular weight is 287 g/mol. The van der Waals surface area contributed by atoms with Crippen LogP contribution in [0.15, 0.2) is 55.8 Å². The highest BCUT2D eigenvalue weighted by Crippen LogP contribution is 2.28. The van der Waals surface area contributed by atoms with Crippen LogP contribution in [0.2, 0.25) is 0 Å². The van der Waals surface area contributed by atoms with Crippen molar-refractivity contribution in [3.05, 3.63) is 83.7 Å². The number of aromatic nitrogens is 1. The monoisotopic (exact) mass is 287 g/mol. The van der Waals surface area contributed by atoms with Gasteiger partial charge in [-0.1, -0.05) is 43.5 Å². The first kappa shape index (κ1) is 14.5. The van der Waals surface area contributed by atoms with Gasteiger partial charge in [-0.2, -0.15) is 0 Å². The standard InChI is InChI=1S/C21H21N/c1-15(19-12-11-18-7-4-8-20(18)14-19)9-10-17(3)21-16(2)6-5-13-22-21/h4-6,8,11-14H,1,3,7,9-10H2,2H3. The van der Waals surface area contributed by atoms with Crippen molar-refractivity contribution in [1.29, 1.82) is 0 Å². The Labute approximate surface area is 132 Å². The third-order valence-electron chi connectivity index (χ3n) is 4.26. The zero-order valence-corrected chi connectivity index (χ0v) is 13.1. The van der Waals surface area contributed by atoms with E-state index in [4.69, 9.17) is 0 Å². The van der Waals surface area contributed by atoms with E-state index in [-0.39, 0.29) is 0 Å². The van der Waals surface area contributed by atoms with Gasteiger partial charge in [0.1, 0.15) is 0 Å². The highest BCUT2D eigenvalue weighted by molar-refractivity contribution is 5.72. The molecule has 2 aromatic rings. The van der Waals surface area contributed by atoms with Gasteiger partial charge in [-0.05, 0) is 71.7 Å². The van der Waals surface area contributed by atoms with Crippen molar-refractivity contribution in [2.75, 3.05) is 0 Å². The van der Waals surface area contributed by atoms with E-state index in [1.54, 1.807) is 0 Å². The molecule has 0 aliphatic heterocycles. The number of allylic oxidation sites excluding steroid dienone is 3. The molecule has 22 heavy (non-hydrogen) atoms. The van der Waals surface area contributed by atoms with Gasteiger partial charge in [0.15, 0.2) is 0 Å². The van der Waals surface area contributed by atoms with Crippen LogP contribution in [0.4, 0.5) is 0 Å². The van der Waals surface area contributed by atoms with Crippen LogP contribution in [0.5, 0.6) is 0 Å². The van der Waals surface area contributed by atoms with E-state index >= 15 is 0 Å². The number of aryl methyl sites for hydroxylation is 1. The molecule has 0 radical (unpaired) electrons. The molecule has 0 atom stereocenters. The summed E-state index contributed by atoms with van der Waals surface area (Å²) in [5.41, 5.74) is 8.42. The van der Waals surface area contributed by atoms with E-state index in [1.165, 1.54) is 22.3 Å². The zero-order chi connectivity index (χ0) is 15.5. The van der Waals surface area contributed by atoms with Crippen LogP contribution < -0.4 is 0 Å². The summed E-state index contributed by atoms with van der Waals surface area (Å²) in [4.78, 5) is 4.44. The van der Waals surface area contributed by atoms with Gasteiger partial charge in [0, 0.05) is 6.20 Å². The average Bonchev–Trinajstić information content (AvgIpc) is 3.00. The Morgan fingerprint density at radius 3 is 2.77 bits per heavy atom. The third kappa shape index (κ3) is 2.94. The van der Waals surface area contributed by atoms with Crippen LogP contribution in [0.3, 0.4) is 0 Å². The van der Waals surface area contributed by atoms with Crippen molar-refractivity contribution in [2.45, 2.75) is 26.2 Å². The highest BCUT2D eigenvalue weighted by atomic mass is 14.7. The SMILES string of the molecule is C=C(CCC(=C)c1ncccc1C)c1ccc2c(c1)C=CC2. The zero-order valence-electron chi connectivity index (χ0n) is 13.1. The van der Waals surface area contributed by atoms with E-state index in [2.05, 4.69) is 61.5 Å². The van der Waals surface area contributed by atoms with Gasteiger partial charge in [0.25, 0.3) is 0 Å². The van der Waals surface area contributed by atoms with E-state index < -0.39 is 0 Å². The Bertz CT molecular complexity index is 765. The van der Waals surface area contributed by atoms with Crippen LogP contribution in [0.25, 0.3) is 17.2 Å². The lowest BCUT2D eigenvalue weighted by atomic mass is 9.95. The number of benzene rings is 1. The van der Waals surface area contributed by atoms with Gasteiger partial charge in [-0.25, -0.2) is 0 Å². The maximum atomic E-state index is 4.44. The molecule has 1 aromatic carbocycles. The van der Waals surface area contributed by atoms with Gasteiger partial charge in [0.05, 0.1) is 5.69 Å². The van der Waals surface area contributed by atoms with Gasteiger partial charge < -0.3 is 0 Å². The quantitative estimate of drug-likeness (QED) is 0.711. The number of hydrogen-bond acceptors (Lipinski definition) is 1. The predicted molar refractivity (Wildman–Crippen MR) is 95.5 cm³/mol. The molecule has 0 N–H and O–H groups in total. The Kier molecular flexibility index (Phi) is 4.06. The normalized spacial score (nSPS) is 12.2. The van der Waals surface area contributed by atoms with E-state index in [9.17, 15) is 0 Å². The first-order valence-electron chi connectivity index (χ1n) is 7.72. The smallest absolute Gasteiger partial charge is 0.0684 e. The van der Waals surface area contributed by atoms with Gasteiger partial charge in [-0.3, -0.25) is 4.98 Å². The Morgan fingerprint density at radius 1 is 1.14 bits per heavy atom. The van der Waals surface area contributed by atoms with Crippen LogP contribution in [0.1, 0.15) is 40.8 Å². The van der Waals surface area contributed by atoms with Crippen molar-refractivity contribution >= 4 is 17.2 Å². The van der Waals surface area contributed by atoms with Gasteiger partial charge in [-0.15, -0.1) is 0 Å². The minimum Gasteiger partial charge on any atom is -0.256 e. The molecule has 1 nitrogen and oxygen atoms in total. The second kappa shape index (κ2) is 6.15. The highest BCUT2D eigenvalue weighted by Gasteiger charge is 2.09. The lowest BCUT2D eigenvalue weighted by molar-refractivity contribution is 1.06. The second-order valence-electron chi connectivity index (χ2n) is 5.90. The molecule has 110 valence electrons. The summed E-state index contributed by atoms with van der Waals surface area (Å²) in [6.07, 6.45) is 9.10. The fourth-order valence-corrected chi connectivity index (χ4v) is 2.89. The first-order valence-corrected chi connectivity index (χ1v) is 7.72. The number of nitrogens with zero attached hydrogens (tertiary/aromatic N) is 1.